The maximum atomic E-state index is 13.0. The molecule has 1 aromatic heterocycles. The predicted molar refractivity (Wildman–Crippen MR) is 100 cm³/mol. The summed E-state index contributed by atoms with van der Waals surface area (Å²) in [5.74, 6) is 1.56. The first-order valence-electron chi connectivity index (χ1n) is 9.50. The fourth-order valence-corrected chi connectivity index (χ4v) is 4.05. The van der Waals surface area contributed by atoms with E-state index < -0.39 is 5.82 Å². The fourth-order valence-electron chi connectivity index (χ4n) is 4.05. The van der Waals surface area contributed by atoms with Crippen LogP contribution < -0.4 is 9.64 Å². The van der Waals surface area contributed by atoms with Gasteiger partial charge in [-0.05, 0) is 30.5 Å². The van der Waals surface area contributed by atoms with Crippen molar-refractivity contribution in [2.75, 3.05) is 44.3 Å². The molecule has 0 unspecified atom stereocenters. The molecule has 27 heavy (non-hydrogen) atoms. The van der Waals surface area contributed by atoms with E-state index in [2.05, 4.69) is 19.8 Å². The van der Waals surface area contributed by atoms with Crippen molar-refractivity contribution in [2.24, 2.45) is 5.92 Å². The Balaban J connectivity index is 1.31. The molecule has 1 aromatic carbocycles. The number of piperazine rings is 1. The number of nitrogens with zero attached hydrogens (tertiary/aromatic N) is 4. The number of ether oxygens (including phenoxy) is 1. The number of aromatic nitrogens is 2. The fraction of sp³-hybridized carbons (Fsp3) is 0.500. The minimum Gasteiger partial charge on any atom is -0.493 e. The van der Waals surface area contributed by atoms with Gasteiger partial charge in [-0.15, -0.1) is 0 Å². The summed E-state index contributed by atoms with van der Waals surface area (Å²) in [6.07, 6.45) is 4.18. The normalized spacial score (nSPS) is 22.7. The summed E-state index contributed by atoms with van der Waals surface area (Å²) in [6, 6.07) is 8.41. The SMILES string of the molecule is OCCc1cccc(OC[C@H]2C[C@H]3CN(c4ncc(F)cn4)CCN3C2)c1. The highest BCUT2D eigenvalue weighted by Crippen LogP contribution is 2.28. The summed E-state index contributed by atoms with van der Waals surface area (Å²) in [6.45, 7) is 4.58. The number of benzene rings is 1. The van der Waals surface area contributed by atoms with Gasteiger partial charge in [0.15, 0.2) is 5.82 Å². The van der Waals surface area contributed by atoms with Crippen molar-refractivity contribution in [3.8, 4) is 5.75 Å². The van der Waals surface area contributed by atoms with Crippen molar-refractivity contribution in [2.45, 2.75) is 18.9 Å². The van der Waals surface area contributed by atoms with Crippen molar-refractivity contribution in [1.29, 1.82) is 0 Å². The van der Waals surface area contributed by atoms with Gasteiger partial charge < -0.3 is 14.7 Å². The molecule has 2 saturated heterocycles. The van der Waals surface area contributed by atoms with Crippen LogP contribution in [0.4, 0.5) is 10.3 Å². The van der Waals surface area contributed by atoms with Crippen LogP contribution in [0.3, 0.4) is 0 Å². The molecule has 2 aromatic rings. The summed E-state index contributed by atoms with van der Waals surface area (Å²) < 4.78 is 19.1. The monoisotopic (exact) mass is 372 g/mol. The van der Waals surface area contributed by atoms with Crippen molar-refractivity contribution >= 4 is 5.95 Å². The zero-order valence-corrected chi connectivity index (χ0v) is 15.3. The van der Waals surface area contributed by atoms with Crippen molar-refractivity contribution in [3.63, 3.8) is 0 Å². The Morgan fingerprint density at radius 1 is 1.19 bits per heavy atom. The third-order valence-electron chi connectivity index (χ3n) is 5.38. The van der Waals surface area contributed by atoms with Crippen LogP contribution in [0, 0.1) is 11.7 Å². The van der Waals surface area contributed by atoms with Gasteiger partial charge in [0.05, 0.1) is 19.0 Å². The third-order valence-corrected chi connectivity index (χ3v) is 5.38. The topological polar surface area (TPSA) is 61.7 Å². The van der Waals surface area contributed by atoms with E-state index in [-0.39, 0.29) is 6.61 Å². The van der Waals surface area contributed by atoms with E-state index in [9.17, 15) is 4.39 Å². The Kier molecular flexibility index (Phi) is 5.50. The minimum atomic E-state index is -0.404. The van der Waals surface area contributed by atoms with Gasteiger partial charge in [0.2, 0.25) is 5.95 Å². The van der Waals surface area contributed by atoms with E-state index in [1.54, 1.807) is 0 Å². The van der Waals surface area contributed by atoms with Gasteiger partial charge >= 0.3 is 0 Å². The van der Waals surface area contributed by atoms with Crippen LogP contribution in [0.25, 0.3) is 0 Å². The lowest BCUT2D eigenvalue weighted by molar-refractivity contribution is 0.216. The van der Waals surface area contributed by atoms with E-state index in [0.717, 1.165) is 43.9 Å². The zero-order chi connectivity index (χ0) is 18.6. The molecule has 4 rings (SSSR count). The summed E-state index contributed by atoms with van der Waals surface area (Å²) in [7, 11) is 0. The number of anilines is 1. The summed E-state index contributed by atoms with van der Waals surface area (Å²) in [5, 5.41) is 9.07. The standard InChI is InChI=1S/C20H25FN4O2/c21-17-10-22-20(23-11-17)25-6-5-24-12-16(8-18(24)13-25)14-27-19-3-1-2-15(9-19)4-7-26/h1-3,9-11,16,18,26H,4-8,12-14H2/t16-,18-/m0/s1. The molecule has 2 aliphatic heterocycles. The van der Waals surface area contributed by atoms with Crippen LogP contribution in [0.2, 0.25) is 0 Å². The van der Waals surface area contributed by atoms with E-state index in [0.29, 0.717) is 30.9 Å². The lowest BCUT2D eigenvalue weighted by Crippen LogP contribution is -2.50. The Labute approximate surface area is 158 Å². The molecule has 0 aliphatic carbocycles. The average Bonchev–Trinajstić information content (AvgIpc) is 3.10. The molecule has 0 bridgehead atoms. The van der Waals surface area contributed by atoms with E-state index in [4.69, 9.17) is 9.84 Å². The molecule has 3 heterocycles. The van der Waals surface area contributed by atoms with Gasteiger partial charge in [-0.25, -0.2) is 14.4 Å². The number of halogens is 1. The van der Waals surface area contributed by atoms with Crippen LogP contribution in [0.15, 0.2) is 36.7 Å². The molecular formula is C20H25FN4O2. The largest absolute Gasteiger partial charge is 0.493 e. The number of hydrogen-bond acceptors (Lipinski definition) is 6. The molecule has 2 aliphatic rings. The molecule has 0 amide bonds. The highest BCUT2D eigenvalue weighted by atomic mass is 19.1. The predicted octanol–water partition coefficient (Wildman–Crippen LogP) is 1.74. The van der Waals surface area contributed by atoms with Gasteiger partial charge in [-0.2, -0.15) is 0 Å². The molecule has 6 nitrogen and oxygen atoms in total. The zero-order valence-electron chi connectivity index (χ0n) is 15.3. The first-order chi connectivity index (χ1) is 13.2. The molecule has 144 valence electrons. The molecular weight excluding hydrogens is 347 g/mol. The average molecular weight is 372 g/mol. The Bertz CT molecular complexity index is 758. The third kappa shape index (κ3) is 4.36. The highest BCUT2D eigenvalue weighted by Gasteiger charge is 2.37. The van der Waals surface area contributed by atoms with Gasteiger partial charge in [0, 0.05) is 44.7 Å². The first-order valence-corrected chi connectivity index (χ1v) is 9.50. The smallest absolute Gasteiger partial charge is 0.225 e. The number of aliphatic hydroxyl groups is 1. The van der Waals surface area contributed by atoms with Crippen LogP contribution >= 0.6 is 0 Å². The van der Waals surface area contributed by atoms with Gasteiger partial charge in [-0.3, -0.25) is 4.90 Å². The maximum absolute atomic E-state index is 13.0. The second-order valence-electron chi connectivity index (χ2n) is 7.33. The summed E-state index contributed by atoms with van der Waals surface area (Å²) in [4.78, 5) is 12.9. The van der Waals surface area contributed by atoms with E-state index in [1.165, 1.54) is 12.4 Å². The maximum Gasteiger partial charge on any atom is 0.225 e. The molecule has 0 radical (unpaired) electrons. The summed E-state index contributed by atoms with van der Waals surface area (Å²) >= 11 is 0. The summed E-state index contributed by atoms with van der Waals surface area (Å²) in [5.41, 5.74) is 1.09. The second kappa shape index (κ2) is 8.19. The molecule has 2 atom stereocenters. The number of fused-ring (bicyclic) bond motifs is 1. The molecule has 0 spiro atoms. The second-order valence-corrected chi connectivity index (χ2v) is 7.33. The first kappa shape index (κ1) is 18.1. The van der Waals surface area contributed by atoms with E-state index in [1.807, 2.05) is 24.3 Å². The van der Waals surface area contributed by atoms with Gasteiger partial charge in [-0.1, -0.05) is 12.1 Å². The van der Waals surface area contributed by atoms with Crippen LogP contribution in [-0.4, -0.2) is 65.4 Å². The molecule has 0 saturated carbocycles. The van der Waals surface area contributed by atoms with Crippen molar-refractivity contribution in [3.05, 3.63) is 48.0 Å². The van der Waals surface area contributed by atoms with E-state index >= 15 is 0 Å². The number of aliphatic hydroxyl groups excluding tert-OH is 1. The molecule has 1 N–H and O–H groups in total. The van der Waals surface area contributed by atoms with Crippen LogP contribution in [-0.2, 0) is 6.42 Å². The van der Waals surface area contributed by atoms with Gasteiger partial charge in [0.25, 0.3) is 0 Å². The number of rotatable bonds is 6. The van der Waals surface area contributed by atoms with Crippen LogP contribution in [0.1, 0.15) is 12.0 Å². The lowest BCUT2D eigenvalue weighted by Gasteiger charge is -2.37. The Hall–Kier alpha value is -2.25. The number of hydrogen-bond donors (Lipinski definition) is 1. The van der Waals surface area contributed by atoms with Crippen LogP contribution in [0.5, 0.6) is 5.75 Å². The minimum absolute atomic E-state index is 0.150. The molecule has 2 fully saturated rings. The Morgan fingerprint density at radius 2 is 2.04 bits per heavy atom. The van der Waals surface area contributed by atoms with Crippen molar-refractivity contribution < 1.29 is 14.2 Å². The lowest BCUT2D eigenvalue weighted by atomic mass is 10.1. The van der Waals surface area contributed by atoms with Crippen molar-refractivity contribution in [1.82, 2.24) is 14.9 Å². The van der Waals surface area contributed by atoms with Gasteiger partial charge in [0.1, 0.15) is 5.75 Å². The molecule has 7 heteroatoms. The highest BCUT2D eigenvalue weighted by molar-refractivity contribution is 5.31. The Morgan fingerprint density at radius 3 is 2.85 bits per heavy atom. The quantitative estimate of drug-likeness (QED) is 0.834.